The van der Waals surface area contributed by atoms with Gasteiger partial charge in [0.1, 0.15) is 24.1 Å². The predicted octanol–water partition coefficient (Wildman–Crippen LogP) is -6.78. The summed E-state index contributed by atoms with van der Waals surface area (Å²) in [7, 11) is 0. The Balaban J connectivity index is -0.000000256. The molecule has 0 heterocycles. The minimum absolute atomic E-state index is 0. The van der Waals surface area contributed by atoms with Crippen molar-refractivity contribution in [2.45, 2.75) is 37.6 Å². The van der Waals surface area contributed by atoms with Gasteiger partial charge in [0.05, 0.1) is 0 Å². The van der Waals surface area contributed by atoms with E-state index in [1.807, 2.05) is 0 Å². The van der Waals surface area contributed by atoms with E-state index in [0.717, 1.165) is 13.8 Å². The molecule has 0 bridgehead atoms. The van der Waals surface area contributed by atoms with Gasteiger partial charge in [-0.3, -0.25) is 0 Å². The van der Waals surface area contributed by atoms with Crippen molar-refractivity contribution >= 4 is 35.0 Å². The van der Waals surface area contributed by atoms with E-state index in [1.54, 1.807) is 0 Å². The van der Waals surface area contributed by atoms with Gasteiger partial charge in [0.25, 0.3) is 0 Å². The Morgan fingerprint density at radius 3 is 1.00 bits per heavy atom. The van der Waals surface area contributed by atoms with Gasteiger partial charge in [-0.1, -0.05) is 0 Å². The van der Waals surface area contributed by atoms with Crippen molar-refractivity contribution in [2.24, 2.45) is 0 Å². The molecule has 0 saturated carbocycles. The van der Waals surface area contributed by atoms with Gasteiger partial charge in [0, 0.05) is 0 Å². The first-order valence-corrected chi connectivity index (χ1v) is 4.46. The zero-order valence-electron chi connectivity index (χ0n) is 10.2. The number of carboxylic acids is 2. The van der Waals surface area contributed by atoms with Gasteiger partial charge >= 0.3 is 23.1 Å². The van der Waals surface area contributed by atoms with Crippen LogP contribution in [-0.2, 0) is 9.59 Å². The molecule has 2 unspecified atom stereocenters. The van der Waals surface area contributed by atoms with Crippen molar-refractivity contribution in [3.8, 4) is 0 Å². The molecule has 0 spiro atoms. The number of aliphatic hydroxyl groups is 6. The number of carbonyl (C=O) groups excluding carboxylic acids is 2. The standard InChI is InChI=1S/2C4H8O5.Mg/c2*1-2(5)4(8,9)3(6)7;/h2*2,5,8-9H,1H3,(H,6,7);/q;;+2/p-2. The molecule has 0 amide bonds. The molecule has 10 nitrogen and oxygen atoms in total. The fraction of sp³-hybridized carbons (Fsp3) is 0.750. The fourth-order valence-corrected chi connectivity index (χ4v) is 0.341. The first-order valence-electron chi connectivity index (χ1n) is 4.46. The van der Waals surface area contributed by atoms with E-state index < -0.39 is 35.7 Å². The Hall–Kier alpha value is -0.534. The topological polar surface area (TPSA) is 202 Å². The predicted molar refractivity (Wildman–Crippen MR) is 53.5 cm³/mol. The summed E-state index contributed by atoms with van der Waals surface area (Å²) in [5, 5.41) is 69.3. The van der Waals surface area contributed by atoms with Crippen LogP contribution in [0.1, 0.15) is 13.8 Å². The van der Waals surface area contributed by atoms with Crippen LogP contribution in [0.2, 0.25) is 0 Å². The van der Waals surface area contributed by atoms with Gasteiger partial charge in [-0.15, -0.1) is 0 Å². The summed E-state index contributed by atoms with van der Waals surface area (Å²) in [6.45, 7) is 1.85. The van der Waals surface area contributed by atoms with Gasteiger partial charge in [0.15, 0.2) is 0 Å². The monoisotopic (exact) mass is 294 g/mol. The summed E-state index contributed by atoms with van der Waals surface area (Å²) in [6.07, 6.45) is -3.52. The Labute approximate surface area is 123 Å². The normalized spacial score (nSPS) is 14.3. The molecule has 0 saturated heterocycles. The van der Waals surface area contributed by atoms with Gasteiger partial charge in [-0.05, 0) is 13.8 Å². The van der Waals surface area contributed by atoms with Crippen LogP contribution in [0.25, 0.3) is 0 Å². The zero-order valence-corrected chi connectivity index (χ0v) is 11.6. The zero-order chi connectivity index (χ0) is 15.3. The molecular formula is C8H14MgO10. The van der Waals surface area contributed by atoms with Crippen molar-refractivity contribution in [2.75, 3.05) is 0 Å². The SMILES string of the molecule is CC(O)C(O)(O)C(=O)[O-].CC(O)C(O)(O)C(=O)[O-].[Mg+2]. The van der Waals surface area contributed by atoms with E-state index in [-0.39, 0.29) is 23.1 Å². The molecule has 0 aromatic rings. The molecule has 0 radical (unpaired) electrons. The summed E-state index contributed by atoms with van der Waals surface area (Å²) in [6, 6.07) is 0. The number of rotatable bonds is 4. The van der Waals surface area contributed by atoms with Gasteiger partial charge in [0.2, 0.25) is 11.6 Å². The number of hydrogen-bond acceptors (Lipinski definition) is 10. The summed E-state index contributed by atoms with van der Waals surface area (Å²) < 4.78 is 0. The molecule has 0 aromatic heterocycles. The molecule has 0 aliphatic rings. The molecule has 0 fully saturated rings. The van der Waals surface area contributed by atoms with Crippen LogP contribution >= 0.6 is 0 Å². The molecule has 0 rings (SSSR count). The van der Waals surface area contributed by atoms with E-state index in [4.69, 9.17) is 30.6 Å². The van der Waals surface area contributed by atoms with Crippen molar-refractivity contribution in [1.29, 1.82) is 0 Å². The number of hydrogen-bond donors (Lipinski definition) is 6. The number of carboxylic acid groups (broad SMARTS) is 2. The third kappa shape index (κ3) is 7.59. The molecule has 0 aliphatic heterocycles. The first-order chi connectivity index (χ1) is 7.77. The third-order valence-corrected chi connectivity index (χ3v) is 1.77. The molecule has 11 heteroatoms. The van der Waals surface area contributed by atoms with Crippen molar-refractivity contribution in [3.05, 3.63) is 0 Å². The summed E-state index contributed by atoms with van der Waals surface area (Å²) >= 11 is 0. The smallest absolute Gasteiger partial charge is 0.544 e. The Bertz CT molecular complexity index is 268. The van der Waals surface area contributed by atoms with Gasteiger partial charge in [-0.2, -0.15) is 0 Å². The van der Waals surface area contributed by atoms with Crippen LogP contribution in [-0.4, -0.2) is 89.4 Å². The second-order valence-electron chi connectivity index (χ2n) is 3.38. The molecular weight excluding hydrogens is 280 g/mol. The van der Waals surface area contributed by atoms with Crippen LogP contribution < -0.4 is 10.2 Å². The average Bonchev–Trinajstić information content (AvgIpc) is 2.17. The van der Waals surface area contributed by atoms with E-state index >= 15 is 0 Å². The minimum atomic E-state index is -3.14. The van der Waals surface area contributed by atoms with E-state index in [2.05, 4.69) is 0 Å². The molecule has 0 aromatic carbocycles. The third-order valence-electron chi connectivity index (χ3n) is 1.77. The summed E-state index contributed by atoms with van der Waals surface area (Å²) in [4.78, 5) is 19.4. The molecule has 108 valence electrons. The van der Waals surface area contributed by atoms with E-state index in [0.29, 0.717) is 0 Å². The average molecular weight is 294 g/mol. The largest absolute Gasteiger partial charge is 2.00 e. The molecule has 6 N–H and O–H groups in total. The van der Waals surface area contributed by atoms with Crippen molar-refractivity contribution in [3.63, 3.8) is 0 Å². The summed E-state index contributed by atoms with van der Waals surface area (Å²) in [5.41, 5.74) is 0. The van der Waals surface area contributed by atoms with Crippen LogP contribution in [0.15, 0.2) is 0 Å². The van der Waals surface area contributed by atoms with E-state index in [9.17, 15) is 19.8 Å². The van der Waals surface area contributed by atoms with Gasteiger partial charge < -0.3 is 50.4 Å². The molecule has 0 aliphatic carbocycles. The Kier molecular flexibility index (Phi) is 10.7. The summed E-state index contributed by atoms with van der Waals surface area (Å²) in [5.74, 6) is -10.5. The van der Waals surface area contributed by atoms with Crippen LogP contribution in [0.3, 0.4) is 0 Å². The second kappa shape index (κ2) is 8.60. The maximum absolute atomic E-state index is 9.69. The first kappa shape index (κ1) is 23.6. The molecule has 19 heavy (non-hydrogen) atoms. The maximum Gasteiger partial charge on any atom is 2.00 e. The fourth-order valence-electron chi connectivity index (χ4n) is 0.341. The Morgan fingerprint density at radius 1 is 0.842 bits per heavy atom. The number of carbonyl (C=O) groups is 2. The maximum atomic E-state index is 9.69. The Morgan fingerprint density at radius 2 is 1.00 bits per heavy atom. The van der Waals surface area contributed by atoms with Crippen LogP contribution in [0.4, 0.5) is 0 Å². The minimum Gasteiger partial charge on any atom is -0.544 e. The van der Waals surface area contributed by atoms with Crippen molar-refractivity contribution < 1.29 is 50.4 Å². The molecule has 2 atom stereocenters. The van der Waals surface area contributed by atoms with Gasteiger partial charge in [-0.25, -0.2) is 0 Å². The number of aliphatic hydroxyl groups excluding tert-OH is 2. The quantitative estimate of drug-likeness (QED) is 0.213. The number of aliphatic carboxylic acids is 2. The van der Waals surface area contributed by atoms with Crippen molar-refractivity contribution in [1.82, 2.24) is 0 Å². The van der Waals surface area contributed by atoms with Crippen LogP contribution in [0, 0.1) is 0 Å². The van der Waals surface area contributed by atoms with Crippen LogP contribution in [0.5, 0.6) is 0 Å². The second-order valence-corrected chi connectivity index (χ2v) is 3.38. The van der Waals surface area contributed by atoms with E-state index in [1.165, 1.54) is 0 Å².